The van der Waals surface area contributed by atoms with Crippen LogP contribution in [0.15, 0.2) is 53.5 Å². The highest BCUT2D eigenvalue weighted by atomic mass is 127. The highest BCUT2D eigenvalue weighted by Crippen LogP contribution is 2.18. The van der Waals surface area contributed by atoms with E-state index in [1.807, 2.05) is 55.5 Å². The molecule has 28 heavy (non-hydrogen) atoms. The number of halogens is 1. The predicted octanol–water partition coefficient (Wildman–Crippen LogP) is 4.31. The number of aliphatic imine (C=N–C) groups is 1. The number of benzene rings is 2. The van der Waals surface area contributed by atoms with E-state index in [4.69, 9.17) is 14.2 Å². The number of methoxy groups -OCH3 is 2. The summed E-state index contributed by atoms with van der Waals surface area (Å²) in [6.45, 7) is 4.69. The van der Waals surface area contributed by atoms with Crippen LogP contribution >= 0.6 is 24.0 Å². The molecule has 0 aliphatic rings. The number of hydrogen-bond acceptors (Lipinski definition) is 4. The number of nitrogens with one attached hydrogen (secondary N) is 2. The van der Waals surface area contributed by atoms with E-state index in [1.54, 1.807) is 14.2 Å². The van der Waals surface area contributed by atoms with Gasteiger partial charge in [-0.05, 0) is 36.8 Å². The number of nitrogens with zero attached hydrogens (tertiary/aromatic N) is 1. The Morgan fingerprint density at radius 1 is 1.00 bits per heavy atom. The van der Waals surface area contributed by atoms with Crippen molar-refractivity contribution in [3.8, 4) is 11.5 Å². The number of anilines is 1. The molecule has 0 heterocycles. The molecule has 0 atom stereocenters. The van der Waals surface area contributed by atoms with Crippen LogP contribution in [0, 0.1) is 0 Å². The highest BCUT2D eigenvalue weighted by molar-refractivity contribution is 14.0. The first-order chi connectivity index (χ1) is 13.2. The Morgan fingerprint density at radius 2 is 1.79 bits per heavy atom. The van der Waals surface area contributed by atoms with Crippen molar-refractivity contribution in [2.24, 2.45) is 4.99 Å². The van der Waals surface area contributed by atoms with Gasteiger partial charge in [-0.3, -0.25) is 0 Å². The van der Waals surface area contributed by atoms with E-state index in [2.05, 4.69) is 15.6 Å². The molecule has 0 spiro atoms. The number of hydrogen-bond donors (Lipinski definition) is 2. The van der Waals surface area contributed by atoms with Crippen LogP contribution < -0.4 is 20.1 Å². The molecule has 0 aliphatic carbocycles. The van der Waals surface area contributed by atoms with Crippen molar-refractivity contribution in [3.05, 3.63) is 54.1 Å². The lowest BCUT2D eigenvalue weighted by molar-refractivity contribution is 0.172. The smallest absolute Gasteiger partial charge is 0.196 e. The van der Waals surface area contributed by atoms with E-state index in [9.17, 15) is 0 Å². The van der Waals surface area contributed by atoms with Crippen LogP contribution in [-0.2, 0) is 11.3 Å². The first kappa shape index (κ1) is 24.0. The molecular weight excluding hydrogens is 469 g/mol. The summed E-state index contributed by atoms with van der Waals surface area (Å²) in [4.78, 5) is 4.65. The summed E-state index contributed by atoms with van der Waals surface area (Å²) in [5, 5.41) is 6.58. The van der Waals surface area contributed by atoms with Crippen LogP contribution in [0.2, 0.25) is 0 Å². The van der Waals surface area contributed by atoms with Crippen molar-refractivity contribution >= 4 is 35.6 Å². The molecule has 2 rings (SSSR count). The van der Waals surface area contributed by atoms with Gasteiger partial charge in [0.15, 0.2) is 5.96 Å². The van der Waals surface area contributed by atoms with Gasteiger partial charge < -0.3 is 24.8 Å². The van der Waals surface area contributed by atoms with Crippen molar-refractivity contribution in [2.45, 2.75) is 19.9 Å². The molecule has 0 unspecified atom stereocenters. The lowest BCUT2D eigenvalue weighted by Gasteiger charge is -2.13. The van der Waals surface area contributed by atoms with E-state index in [0.717, 1.165) is 41.7 Å². The van der Waals surface area contributed by atoms with Gasteiger partial charge in [0.05, 0.1) is 20.3 Å². The quantitative estimate of drug-likeness (QED) is 0.221. The van der Waals surface area contributed by atoms with Crippen LogP contribution in [0.25, 0.3) is 0 Å². The van der Waals surface area contributed by atoms with Gasteiger partial charge in [0.25, 0.3) is 0 Å². The van der Waals surface area contributed by atoms with Crippen LogP contribution in [0.3, 0.4) is 0 Å². The van der Waals surface area contributed by atoms with Gasteiger partial charge in [-0.2, -0.15) is 0 Å². The number of guanidine groups is 1. The molecule has 0 bridgehead atoms. The second-order valence-electron chi connectivity index (χ2n) is 5.89. The molecule has 154 valence electrons. The molecule has 0 fully saturated rings. The predicted molar refractivity (Wildman–Crippen MR) is 125 cm³/mol. The zero-order chi connectivity index (χ0) is 19.3. The van der Waals surface area contributed by atoms with Crippen molar-refractivity contribution in [3.63, 3.8) is 0 Å². The average Bonchev–Trinajstić information content (AvgIpc) is 2.70. The maximum Gasteiger partial charge on any atom is 0.196 e. The zero-order valence-electron chi connectivity index (χ0n) is 16.7. The van der Waals surface area contributed by atoms with Crippen molar-refractivity contribution < 1.29 is 14.2 Å². The molecule has 0 saturated carbocycles. The minimum atomic E-state index is 0. The van der Waals surface area contributed by atoms with Gasteiger partial charge >= 0.3 is 0 Å². The Balaban J connectivity index is 0.00000392. The molecule has 2 N–H and O–H groups in total. The standard InChI is InChI=1S/C21H29N3O3.HI/c1-4-22-21(23-16-17-8-5-10-19(14-17)26-3)24-18-9-6-11-20(15-18)27-13-7-12-25-2;/h5-6,8-11,14-15H,4,7,12-13,16H2,1-3H3,(H2,22,23,24);1H. The van der Waals surface area contributed by atoms with Gasteiger partial charge in [-0.25, -0.2) is 4.99 Å². The highest BCUT2D eigenvalue weighted by Gasteiger charge is 2.02. The van der Waals surface area contributed by atoms with Gasteiger partial charge in [0, 0.05) is 38.4 Å². The fourth-order valence-electron chi connectivity index (χ4n) is 2.44. The van der Waals surface area contributed by atoms with Crippen molar-refractivity contribution in [2.75, 3.05) is 39.3 Å². The Labute approximate surface area is 184 Å². The third-order valence-corrected chi connectivity index (χ3v) is 3.76. The van der Waals surface area contributed by atoms with E-state index < -0.39 is 0 Å². The average molecular weight is 499 g/mol. The van der Waals surface area contributed by atoms with Crippen LogP contribution in [-0.4, -0.2) is 39.9 Å². The first-order valence-corrected chi connectivity index (χ1v) is 9.15. The molecule has 2 aromatic rings. The number of ether oxygens (including phenoxy) is 3. The monoisotopic (exact) mass is 499 g/mol. The third kappa shape index (κ3) is 8.79. The van der Waals surface area contributed by atoms with Crippen LogP contribution in [0.4, 0.5) is 5.69 Å². The third-order valence-electron chi connectivity index (χ3n) is 3.76. The minimum Gasteiger partial charge on any atom is -0.497 e. The minimum absolute atomic E-state index is 0. The second kappa shape index (κ2) is 14.1. The zero-order valence-corrected chi connectivity index (χ0v) is 19.1. The van der Waals surface area contributed by atoms with Crippen molar-refractivity contribution in [1.29, 1.82) is 0 Å². The topological polar surface area (TPSA) is 64.1 Å². The molecule has 6 nitrogen and oxygen atoms in total. The summed E-state index contributed by atoms with van der Waals surface area (Å²) in [6, 6.07) is 15.8. The Kier molecular flexibility index (Phi) is 12.1. The summed E-state index contributed by atoms with van der Waals surface area (Å²) in [6.07, 6.45) is 0.860. The molecule has 0 aliphatic heterocycles. The first-order valence-electron chi connectivity index (χ1n) is 9.15. The molecule has 0 aromatic heterocycles. The molecular formula is C21H30IN3O3. The number of rotatable bonds is 10. The summed E-state index contributed by atoms with van der Waals surface area (Å²) in [5.74, 6) is 2.37. The van der Waals surface area contributed by atoms with Gasteiger partial charge in [-0.1, -0.05) is 18.2 Å². The van der Waals surface area contributed by atoms with E-state index in [1.165, 1.54) is 0 Å². The van der Waals surface area contributed by atoms with Crippen LogP contribution in [0.5, 0.6) is 11.5 Å². The van der Waals surface area contributed by atoms with Gasteiger partial charge in [-0.15, -0.1) is 24.0 Å². The van der Waals surface area contributed by atoms with E-state index in [0.29, 0.717) is 19.8 Å². The molecule has 7 heteroatoms. The van der Waals surface area contributed by atoms with Gasteiger partial charge in [0.2, 0.25) is 0 Å². The Morgan fingerprint density at radius 3 is 2.54 bits per heavy atom. The van der Waals surface area contributed by atoms with Crippen LogP contribution in [0.1, 0.15) is 18.9 Å². The lowest BCUT2D eigenvalue weighted by atomic mass is 10.2. The maximum absolute atomic E-state index is 5.75. The Bertz CT molecular complexity index is 726. The summed E-state index contributed by atoms with van der Waals surface area (Å²) < 4.78 is 16.1. The summed E-state index contributed by atoms with van der Waals surface area (Å²) in [5.41, 5.74) is 2.01. The van der Waals surface area contributed by atoms with Crippen molar-refractivity contribution in [1.82, 2.24) is 5.32 Å². The normalized spacial score (nSPS) is 10.8. The van der Waals surface area contributed by atoms with E-state index >= 15 is 0 Å². The van der Waals surface area contributed by atoms with E-state index in [-0.39, 0.29) is 24.0 Å². The van der Waals surface area contributed by atoms with Gasteiger partial charge in [0.1, 0.15) is 11.5 Å². The second-order valence-corrected chi connectivity index (χ2v) is 5.89. The molecule has 2 aromatic carbocycles. The SMILES string of the molecule is CCNC(=NCc1cccc(OC)c1)Nc1cccc(OCCCOC)c1.I. The summed E-state index contributed by atoms with van der Waals surface area (Å²) >= 11 is 0. The largest absolute Gasteiger partial charge is 0.497 e. The lowest BCUT2D eigenvalue weighted by Crippen LogP contribution is -2.30. The summed E-state index contributed by atoms with van der Waals surface area (Å²) in [7, 11) is 3.36. The molecule has 0 saturated heterocycles. The fraction of sp³-hybridized carbons (Fsp3) is 0.381. The Hall–Kier alpha value is -2.00. The maximum atomic E-state index is 5.75. The molecule has 0 amide bonds. The fourth-order valence-corrected chi connectivity index (χ4v) is 2.44. The molecule has 0 radical (unpaired) electrons.